The molecule has 0 saturated carbocycles. The molecule has 1 aromatic carbocycles. The van der Waals surface area contributed by atoms with Crippen molar-refractivity contribution in [3.63, 3.8) is 0 Å². The molecule has 0 saturated heterocycles. The van der Waals surface area contributed by atoms with Crippen LogP contribution in [0.25, 0.3) is 0 Å². The molecule has 0 aliphatic carbocycles. The lowest BCUT2D eigenvalue weighted by molar-refractivity contribution is -0.138. The van der Waals surface area contributed by atoms with Crippen molar-refractivity contribution in [1.82, 2.24) is 10.2 Å². The molecule has 2 N–H and O–H groups in total. The van der Waals surface area contributed by atoms with Gasteiger partial charge in [0, 0.05) is 13.6 Å². The lowest BCUT2D eigenvalue weighted by Crippen LogP contribution is -2.40. The van der Waals surface area contributed by atoms with E-state index in [2.05, 4.69) is 5.32 Å². The number of carbonyl (C=O) groups is 3. The first kappa shape index (κ1) is 16.5. The van der Waals surface area contributed by atoms with E-state index in [0.717, 1.165) is 0 Å². The number of carboxylic acid groups (broad SMARTS) is 1. The predicted octanol–water partition coefficient (Wildman–Crippen LogP) is 0.115. The Balaban J connectivity index is 2.23. The Morgan fingerprint density at radius 2 is 1.90 bits per heavy atom. The van der Waals surface area contributed by atoms with Crippen LogP contribution < -0.4 is 10.1 Å². The molecule has 1 aromatic rings. The summed E-state index contributed by atoms with van der Waals surface area (Å²) < 4.78 is 5.22. The van der Waals surface area contributed by atoms with E-state index in [4.69, 9.17) is 9.84 Å². The van der Waals surface area contributed by atoms with E-state index in [9.17, 15) is 14.4 Å². The van der Waals surface area contributed by atoms with Gasteiger partial charge in [0.15, 0.2) is 6.61 Å². The third kappa shape index (κ3) is 6.95. The highest BCUT2D eigenvalue weighted by Gasteiger charge is 2.11. The van der Waals surface area contributed by atoms with Crippen LogP contribution in [0.5, 0.6) is 5.75 Å². The van der Waals surface area contributed by atoms with Gasteiger partial charge < -0.3 is 20.1 Å². The number of hydrogen-bond acceptors (Lipinski definition) is 4. The molecule has 21 heavy (non-hydrogen) atoms. The highest BCUT2D eigenvalue weighted by atomic mass is 16.5. The minimum Gasteiger partial charge on any atom is -0.484 e. The van der Waals surface area contributed by atoms with Crippen LogP contribution in [0.3, 0.4) is 0 Å². The van der Waals surface area contributed by atoms with Crippen molar-refractivity contribution < 1.29 is 24.2 Å². The lowest BCUT2D eigenvalue weighted by atomic mass is 10.3. The fourth-order valence-corrected chi connectivity index (χ4v) is 1.41. The number of benzene rings is 1. The van der Waals surface area contributed by atoms with Gasteiger partial charge in [0.2, 0.25) is 5.91 Å². The van der Waals surface area contributed by atoms with Gasteiger partial charge in [-0.3, -0.25) is 14.4 Å². The second-order valence-corrected chi connectivity index (χ2v) is 4.34. The fraction of sp³-hybridized carbons (Fsp3) is 0.357. The maximum atomic E-state index is 11.6. The molecular weight excluding hydrogens is 276 g/mol. The number of ether oxygens (including phenoxy) is 1. The second kappa shape index (κ2) is 8.57. The average Bonchev–Trinajstić information content (AvgIpc) is 2.49. The summed E-state index contributed by atoms with van der Waals surface area (Å²) in [6.07, 6.45) is -0.132. The van der Waals surface area contributed by atoms with Crippen LogP contribution >= 0.6 is 0 Å². The van der Waals surface area contributed by atoms with E-state index in [0.29, 0.717) is 5.75 Å². The molecular formula is C14H18N2O5. The van der Waals surface area contributed by atoms with Crippen molar-refractivity contribution in [3.05, 3.63) is 30.3 Å². The topological polar surface area (TPSA) is 95.9 Å². The van der Waals surface area contributed by atoms with Crippen LogP contribution in [0, 0.1) is 0 Å². The van der Waals surface area contributed by atoms with Crippen LogP contribution in [-0.2, 0) is 14.4 Å². The van der Waals surface area contributed by atoms with Crippen molar-refractivity contribution in [2.24, 2.45) is 0 Å². The number of nitrogens with zero attached hydrogens (tertiary/aromatic N) is 1. The van der Waals surface area contributed by atoms with Crippen molar-refractivity contribution in [2.75, 3.05) is 26.7 Å². The summed E-state index contributed by atoms with van der Waals surface area (Å²) in [5.41, 5.74) is 0. The van der Waals surface area contributed by atoms with Crippen LogP contribution in [0.2, 0.25) is 0 Å². The molecule has 0 aliphatic heterocycles. The third-order valence-electron chi connectivity index (χ3n) is 2.64. The van der Waals surface area contributed by atoms with E-state index >= 15 is 0 Å². The SMILES string of the molecule is CN(CCC(=O)O)C(=O)CNC(=O)COc1ccccc1. The highest BCUT2D eigenvalue weighted by molar-refractivity contribution is 5.85. The summed E-state index contributed by atoms with van der Waals surface area (Å²) in [7, 11) is 1.48. The Bertz CT molecular complexity index is 489. The zero-order valence-electron chi connectivity index (χ0n) is 11.7. The number of carboxylic acids is 1. The van der Waals surface area contributed by atoms with E-state index in [-0.39, 0.29) is 32.0 Å². The van der Waals surface area contributed by atoms with E-state index in [1.807, 2.05) is 6.07 Å². The smallest absolute Gasteiger partial charge is 0.305 e. The molecule has 0 spiro atoms. The van der Waals surface area contributed by atoms with Crippen LogP contribution in [-0.4, -0.2) is 54.5 Å². The molecule has 0 unspecified atom stereocenters. The van der Waals surface area contributed by atoms with Crippen molar-refractivity contribution in [3.8, 4) is 5.75 Å². The molecule has 114 valence electrons. The molecule has 7 heteroatoms. The summed E-state index contributed by atoms with van der Waals surface area (Å²) in [4.78, 5) is 34.8. The number of rotatable bonds is 8. The summed E-state index contributed by atoms with van der Waals surface area (Å²) in [6, 6.07) is 8.84. The quantitative estimate of drug-likeness (QED) is 0.709. The molecule has 0 fully saturated rings. The highest BCUT2D eigenvalue weighted by Crippen LogP contribution is 2.07. The molecule has 0 bridgehead atoms. The van der Waals surface area contributed by atoms with E-state index in [1.165, 1.54) is 11.9 Å². The number of carbonyl (C=O) groups excluding carboxylic acids is 2. The van der Waals surface area contributed by atoms with Gasteiger partial charge in [-0.15, -0.1) is 0 Å². The largest absolute Gasteiger partial charge is 0.484 e. The Labute approximate surface area is 122 Å². The molecule has 7 nitrogen and oxygen atoms in total. The fourth-order valence-electron chi connectivity index (χ4n) is 1.41. The molecule has 0 radical (unpaired) electrons. The number of amides is 2. The number of para-hydroxylation sites is 1. The first-order valence-corrected chi connectivity index (χ1v) is 6.39. The number of aliphatic carboxylic acids is 1. The van der Waals surface area contributed by atoms with Crippen molar-refractivity contribution in [2.45, 2.75) is 6.42 Å². The van der Waals surface area contributed by atoms with Crippen molar-refractivity contribution in [1.29, 1.82) is 0 Å². The Morgan fingerprint density at radius 1 is 1.24 bits per heavy atom. The van der Waals surface area contributed by atoms with Gasteiger partial charge in [-0.25, -0.2) is 0 Å². The number of nitrogens with one attached hydrogen (secondary N) is 1. The maximum Gasteiger partial charge on any atom is 0.305 e. The normalized spacial score (nSPS) is 9.76. The molecule has 1 rings (SSSR count). The maximum absolute atomic E-state index is 11.6. The molecule has 0 atom stereocenters. The van der Waals surface area contributed by atoms with Gasteiger partial charge in [0.05, 0.1) is 13.0 Å². The molecule has 0 aromatic heterocycles. The first-order valence-electron chi connectivity index (χ1n) is 6.39. The van der Waals surface area contributed by atoms with E-state index in [1.54, 1.807) is 24.3 Å². The minimum atomic E-state index is -0.977. The van der Waals surface area contributed by atoms with Gasteiger partial charge >= 0.3 is 5.97 Å². The molecule has 0 aliphatic rings. The van der Waals surface area contributed by atoms with Gasteiger partial charge in [0.1, 0.15) is 5.75 Å². The first-order chi connectivity index (χ1) is 9.99. The van der Waals surface area contributed by atoms with Gasteiger partial charge in [-0.2, -0.15) is 0 Å². The predicted molar refractivity (Wildman–Crippen MR) is 74.8 cm³/mol. The molecule has 2 amide bonds. The van der Waals surface area contributed by atoms with E-state index < -0.39 is 11.9 Å². The number of likely N-dealkylation sites (N-methyl/N-ethyl adjacent to an activating group) is 1. The van der Waals surface area contributed by atoms with Gasteiger partial charge in [0.25, 0.3) is 5.91 Å². The standard InChI is InChI=1S/C14H18N2O5/c1-16(8-7-14(19)20)13(18)9-15-12(17)10-21-11-5-3-2-4-6-11/h2-6H,7-10H2,1H3,(H,15,17)(H,19,20). The Hall–Kier alpha value is -2.57. The minimum absolute atomic E-state index is 0.102. The zero-order chi connectivity index (χ0) is 15.7. The lowest BCUT2D eigenvalue weighted by Gasteiger charge is -2.16. The summed E-state index contributed by atoms with van der Waals surface area (Å²) >= 11 is 0. The van der Waals surface area contributed by atoms with Crippen LogP contribution in [0.1, 0.15) is 6.42 Å². The average molecular weight is 294 g/mol. The van der Waals surface area contributed by atoms with Crippen LogP contribution in [0.15, 0.2) is 30.3 Å². The Morgan fingerprint density at radius 3 is 2.52 bits per heavy atom. The Kier molecular flexibility index (Phi) is 6.73. The summed E-state index contributed by atoms with van der Waals surface area (Å²) in [5.74, 6) is -1.18. The summed E-state index contributed by atoms with van der Waals surface area (Å²) in [6.45, 7) is -0.270. The summed E-state index contributed by atoms with van der Waals surface area (Å²) in [5, 5.41) is 10.9. The zero-order valence-corrected chi connectivity index (χ0v) is 11.7. The second-order valence-electron chi connectivity index (χ2n) is 4.34. The molecule has 0 heterocycles. The van der Waals surface area contributed by atoms with Gasteiger partial charge in [-0.1, -0.05) is 18.2 Å². The number of hydrogen-bond donors (Lipinski definition) is 2. The van der Waals surface area contributed by atoms with Crippen LogP contribution in [0.4, 0.5) is 0 Å². The third-order valence-corrected chi connectivity index (χ3v) is 2.64. The van der Waals surface area contributed by atoms with Crippen molar-refractivity contribution >= 4 is 17.8 Å². The monoisotopic (exact) mass is 294 g/mol. The van der Waals surface area contributed by atoms with Gasteiger partial charge in [-0.05, 0) is 12.1 Å².